The second-order valence-electron chi connectivity index (χ2n) is 8.38. The van der Waals surface area contributed by atoms with Gasteiger partial charge in [-0.2, -0.15) is 19.0 Å². The monoisotopic (exact) mass is 467 g/mol. The van der Waals surface area contributed by atoms with Crippen LogP contribution < -0.4 is 14.8 Å². The topological polar surface area (TPSA) is 83.2 Å². The normalized spacial score (nSPS) is 15.5. The van der Waals surface area contributed by atoms with Crippen LogP contribution in [0.1, 0.15) is 28.8 Å². The third-order valence-corrected chi connectivity index (χ3v) is 6.11. The van der Waals surface area contributed by atoms with Gasteiger partial charge in [0.25, 0.3) is 5.91 Å². The summed E-state index contributed by atoms with van der Waals surface area (Å²) in [4.78, 5) is 12.5. The van der Waals surface area contributed by atoms with Crippen LogP contribution in [0, 0.1) is 0 Å². The first-order chi connectivity index (χ1) is 16.3. The van der Waals surface area contributed by atoms with E-state index in [2.05, 4.69) is 15.5 Å². The zero-order chi connectivity index (χ0) is 24.1. The summed E-state index contributed by atoms with van der Waals surface area (Å²) < 4.78 is 40.4. The molecule has 1 N–H and O–H groups in total. The van der Waals surface area contributed by atoms with Gasteiger partial charge in [0.1, 0.15) is 11.5 Å². The fourth-order valence-corrected chi connectivity index (χ4v) is 4.56. The van der Waals surface area contributed by atoms with Gasteiger partial charge in [0.15, 0.2) is 0 Å². The largest absolute Gasteiger partial charge is 0.496 e. The third-order valence-electron chi connectivity index (χ3n) is 6.11. The molecule has 1 aliphatic rings. The number of hydrogen-bond acceptors (Lipinski definition) is 5. The quantitative estimate of drug-likeness (QED) is 0.478. The Morgan fingerprint density at radius 1 is 1.12 bits per heavy atom. The minimum absolute atomic E-state index is 0.0776. The molecule has 2 aromatic heterocycles. The lowest BCUT2D eigenvalue weighted by Crippen LogP contribution is -2.34. The third kappa shape index (κ3) is 3.55. The van der Waals surface area contributed by atoms with Crippen LogP contribution in [0.5, 0.6) is 11.5 Å². The number of aryl methyl sites for hydroxylation is 2. The Kier molecular flexibility index (Phi) is 5.22. The zero-order valence-electron chi connectivity index (χ0n) is 19.1. The molecule has 1 amide bonds. The van der Waals surface area contributed by atoms with Crippen LogP contribution in [0.2, 0.25) is 0 Å². The van der Waals surface area contributed by atoms with Crippen LogP contribution in [0.4, 0.5) is 8.78 Å². The predicted molar refractivity (Wildman–Crippen MR) is 122 cm³/mol. The van der Waals surface area contributed by atoms with Crippen molar-refractivity contribution in [1.29, 1.82) is 0 Å². The summed E-state index contributed by atoms with van der Waals surface area (Å²) in [5, 5.41) is 12.4. The summed E-state index contributed by atoms with van der Waals surface area (Å²) in [6.45, 7) is -0.729. The van der Waals surface area contributed by atoms with Crippen molar-refractivity contribution < 1.29 is 23.0 Å². The van der Waals surface area contributed by atoms with Gasteiger partial charge in [0.05, 0.1) is 35.5 Å². The van der Waals surface area contributed by atoms with Crippen molar-refractivity contribution in [2.24, 2.45) is 14.1 Å². The lowest BCUT2D eigenvalue weighted by molar-refractivity contribution is -0.0502. The van der Waals surface area contributed by atoms with E-state index in [1.165, 1.54) is 6.07 Å². The van der Waals surface area contributed by atoms with Crippen LogP contribution in [-0.4, -0.2) is 45.7 Å². The van der Waals surface area contributed by atoms with Crippen molar-refractivity contribution >= 4 is 16.8 Å². The first-order valence-corrected chi connectivity index (χ1v) is 10.7. The maximum atomic E-state index is 13.2. The van der Waals surface area contributed by atoms with Crippen LogP contribution in [0.3, 0.4) is 0 Å². The Hall–Kier alpha value is -3.95. The Balaban J connectivity index is 1.75. The Labute approximate surface area is 194 Å². The molecule has 0 unspecified atom stereocenters. The molecule has 34 heavy (non-hydrogen) atoms. The van der Waals surface area contributed by atoms with Gasteiger partial charge in [-0.05, 0) is 41.3 Å². The van der Waals surface area contributed by atoms with Crippen molar-refractivity contribution in [2.75, 3.05) is 13.7 Å². The smallest absolute Gasteiger partial charge is 0.387 e. The number of rotatable bonds is 5. The van der Waals surface area contributed by atoms with E-state index >= 15 is 0 Å². The molecule has 1 atom stereocenters. The highest BCUT2D eigenvalue weighted by atomic mass is 19.3. The van der Waals surface area contributed by atoms with Crippen molar-refractivity contribution in [3.8, 4) is 33.9 Å². The van der Waals surface area contributed by atoms with Crippen molar-refractivity contribution in [2.45, 2.75) is 19.5 Å². The van der Waals surface area contributed by atoms with Gasteiger partial charge in [-0.25, -0.2) is 0 Å². The number of ether oxygens (including phenoxy) is 2. The Bertz CT molecular complexity index is 1430. The van der Waals surface area contributed by atoms with Gasteiger partial charge >= 0.3 is 6.61 Å². The standard InChI is InChI=1S/C24H23F2N5O3/c1-12-9-27-23(32)20-16(12)5-14(8-19(20)34-24(25)26)22-21-17(29-31(22)3)6-13(7-18(21)33-4)15-10-28-30(2)11-15/h5-8,10-12,24H,9H2,1-4H3,(H,27,32)/t12-/m0/s1. The summed E-state index contributed by atoms with van der Waals surface area (Å²) >= 11 is 0. The Morgan fingerprint density at radius 3 is 2.56 bits per heavy atom. The number of methoxy groups -OCH3 is 1. The highest BCUT2D eigenvalue weighted by Crippen LogP contribution is 2.42. The molecule has 8 nitrogen and oxygen atoms in total. The van der Waals surface area contributed by atoms with E-state index in [0.29, 0.717) is 34.6 Å². The fraction of sp³-hybridized carbons (Fsp3) is 0.292. The van der Waals surface area contributed by atoms with Gasteiger partial charge < -0.3 is 14.8 Å². The van der Waals surface area contributed by atoms with E-state index in [-0.39, 0.29) is 17.2 Å². The number of alkyl halides is 2. The molecule has 0 aliphatic carbocycles. The van der Waals surface area contributed by atoms with Crippen molar-refractivity contribution in [3.05, 3.63) is 47.8 Å². The average Bonchev–Trinajstić information content (AvgIpc) is 3.37. The zero-order valence-corrected chi connectivity index (χ0v) is 19.1. The van der Waals surface area contributed by atoms with Crippen LogP contribution in [0.15, 0.2) is 36.7 Å². The summed E-state index contributed by atoms with van der Waals surface area (Å²) in [7, 11) is 5.19. The number of nitrogens with one attached hydrogen (secondary N) is 1. The van der Waals surface area contributed by atoms with E-state index in [1.54, 1.807) is 29.7 Å². The molecule has 0 bridgehead atoms. The molecular formula is C24H23F2N5O3. The molecule has 0 radical (unpaired) electrons. The number of hydrogen-bond donors (Lipinski definition) is 1. The molecule has 0 saturated heterocycles. The number of carbonyl (C=O) groups excluding carboxylic acids is 1. The minimum atomic E-state index is -3.07. The summed E-state index contributed by atoms with van der Waals surface area (Å²) in [6, 6.07) is 7.15. The number of fused-ring (bicyclic) bond motifs is 2. The molecule has 176 valence electrons. The van der Waals surface area contributed by atoms with Gasteiger partial charge in [-0.3, -0.25) is 14.2 Å². The van der Waals surface area contributed by atoms with Gasteiger partial charge in [0, 0.05) is 38.0 Å². The van der Waals surface area contributed by atoms with Gasteiger partial charge in [-0.15, -0.1) is 0 Å². The average molecular weight is 467 g/mol. The number of carbonyl (C=O) groups is 1. The lowest BCUT2D eigenvalue weighted by atomic mass is 9.88. The first kappa shape index (κ1) is 21.9. The Morgan fingerprint density at radius 2 is 1.88 bits per heavy atom. The maximum absolute atomic E-state index is 13.2. The number of aromatic nitrogens is 4. The molecule has 0 fully saturated rings. The first-order valence-electron chi connectivity index (χ1n) is 10.7. The molecule has 0 saturated carbocycles. The van der Waals surface area contributed by atoms with Crippen LogP contribution in [0.25, 0.3) is 33.3 Å². The van der Waals surface area contributed by atoms with E-state index in [0.717, 1.165) is 16.5 Å². The molecule has 3 heterocycles. The number of amides is 1. The molecule has 4 aromatic rings. The number of benzene rings is 2. The van der Waals surface area contributed by atoms with Gasteiger partial charge in [-0.1, -0.05) is 6.92 Å². The molecule has 5 rings (SSSR count). The molecule has 0 spiro atoms. The predicted octanol–water partition coefficient (Wildman–Crippen LogP) is 4.10. The fourth-order valence-electron chi connectivity index (χ4n) is 4.56. The molecule has 10 heteroatoms. The molecule has 2 aromatic carbocycles. The van der Waals surface area contributed by atoms with E-state index < -0.39 is 12.5 Å². The second-order valence-corrected chi connectivity index (χ2v) is 8.38. The van der Waals surface area contributed by atoms with Crippen LogP contribution in [-0.2, 0) is 14.1 Å². The van der Waals surface area contributed by atoms with E-state index in [1.807, 2.05) is 38.4 Å². The van der Waals surface area contributed by atoms with Crippen molar-refractivity contribution in [1.82, 2.24) is 24.9 Å². The van der Waals surface area contributed by atoms with E-state index in [4.69, 9.17) is 9.47 Å². The van der Waals surface area contributed by atoms with Gasteiger partial charge in [0.2, 0.25) is 0 Å². The molecule has 1 aliphatic heterocycles. The number of nitrogens with zero attached hydrogens (tertiary/aromatic N) is 4. The summed E-state index contributed by atoms with van der Waals surface area (Å²) in [5.74, 6) is -0.0822. The minimum Gasteiger partial charge on any atom is -0.496 e. The number of halogens is 2. The molecular weight excluding hydrogens is 444 g/mol. The van der Waals surface area contributed by atoms with Crippen molar-refractivity contribution in [3.63, 3.8) is 0 Å². The highest BCUT2D eigenvalue weighted by molar-refractivity contribution is 6.03. The summed E-state index contributed by atoms with van der Waals surface area (Å²) in [6.07, 6.45) is 3.66. The van der Waals surface area contributed by atoms with Crippen LogP contribution >= 0.6 is 0 Å². The highest BCUT2D eigenvalue weighted by Gasteiger charge is 2.30. The maximum Gasteiger partial charge on any atom is 0.387 e. The summed E-state index contributed by atoms with van der Waals surface area (Å²) in [5.41, 5.74) is 4.54. The lowest BCUT2D eigenvalue weighted by Gasteiger charge is -2.25. The van der Waals surface area contributed by atoms with E-state index in [9.17, 15) is 13.6 Å². The SMILES string of the molecule is COc1cc(-c2cnn(C)c2)cc2nn(C)c(-c3cc(OC(F)F)c4c(c3)[C@@H](C)CNC4=O)c12. The second kappa shape index (κ2) is 8.12.